The minimum atomic E-state index is -1.42. The molecule has 0 aromatic rings. The third kappa shape index (κ3) is 1.86. The Bertz CT molecular complexity index is 224. The molecule has 0 saturated carbocycles. The molecule has 1 aliphatic heterocycles. The molecule has 1 fully saturated rings. The van der Waals surface area contributed by atoms with Crippen molar-refractivity contribution in [3.8, 4) is 0 Å². The first-order valence-corrected chi connectivity index (χ1v) is 4.17. The fourth-order valence-electron chi connectivity index (χ4n) is 1.61. The lowest BCUT2D eigenvalue weighted by atomic mass is 9.94. The van der Waals surface area contributed by atoms with Gasteiger partial charge in [-0.1, -0.05) is 0 Å². The minimum Gasteiger partial charge on any atom is -0.389 e. The van der Waals surface area contributed by atoms with Crippen LogP contribution in [-0.4, -0.2) is 69.3 Å². The van der Waals surface area contributed by atoms with Crippen LogP contribution in [0.5, 0.6) is 0 Å². The Morgan fingerprint density at radius 2 is 1.93 bits per heavy atom. The molecule has 7 heteroatoms. The second kappa shape index (κ2) is 4.20. The van der Waals surface area contributed by atoms with Crippen LogP contribution in [0.4, 0.5) is 0 Å². The zero-order valence-corrected chi connectivity index (χ0v) is 7.66. The molecule has 1 rings (SSSR count). The Labute approximate surface area is 80.5 Å². The SMILES string of the molecule is CN1C[C@@H](O)[C@H](O)[C@H](O)[C@@H]1C(=O)NO. The number of hydrogen-bond acceptors (Lipinski definition) is 6. The minimum absolute atomic E-state index is 0.0519. The maximum atomic E-state index is 11.1. The molecule has 0 spiro atoms. The number of aliphatic hydroxyl groups excluding tert-OH is 3. The average Bonchev–Trinajstić information content (AvgIpc) is 2.14. The van der Waals surface area contributed by atoms with Gasteiger partial charge in [-0.05, 0) is 7.05 Å². The van der Waals surface area contributed by atoms with Crippen LogP contribution in [0.15, 0.2) is 0 Å². The Morgan fingerprint density at radius 3 is 2.43 bits per heavy atom. The molecule has 0 aromatic heterocycles. The molecular weight excluding hydrogens is 192 g/mol. The number of β-amino-alcohol motifs (C(OH)–C–C–N with tert-alkyl or cyclic N) is 1. The fourth-order valence-corrected chi connectivity index (χ4v) is 1.61. The summed E-state index contributed by atoms with van der Waals surface area (Å²) in [5, 5.41) is 36.4. The molecule has 1 saturated heterocycles. The molecule has 4 atom stereocenters. The van der Waals surface area contributed by atoms with Crippen LogP contribution in [-0.2, 0) is 4.79 Å². The highest BCUT2D eigenvalue weighted by Gasteiger charge is 2.43. The van der Waals surface area contributed by atoms with Crippen LogP contribution in [0.2, 0.25) is 0 Å². The number of piperidine rings is 1. The quantitative estimate of drug-likeness (QED) is 0.229. The van der Waals surface area contributed by atoms with Crippen molar-refractivity contribution < 1.29 is 25.3 Å². The molecule has 1 heterocycles. The number of likely N-dealkylation sites (tertiary alicyclic amines) is 1. The smallest absolute Gasteiger partial charge is 0.263 e. The summed E-state index contributed by atoms with van der Waals surface area (Å²) >= 11 is 0. The molecule has 0 unspecified atom stereocenters. The first-order chi connectivity index (χ1) is 6.49. The van der Waals surface area contributed by atoms with E-state index in [0.29, 0.717) is 0 Å². The summed E-state index contributed by atoms with van der Waals surface area (Å²) in [7, 11) is 1.50. The molecule has 0 radical (unpaired) electrons. The second-order valence-corrected chi connectivity index (χ2v) is 3.41. The van der Waals surface area contributed by atoms with Crippen LogP contribution in [0, 0.1) is 0 Å². The average molecular weight is 206 g/mol. The Morgan fingerprint density at radius 1 is 1.36 bits per heavy atom. The van der Waals surface area contributed by atoms with E-state index in [0.717, 1.165) is 0 Å². The number of rotatable bonds is 1. The molecule has 1 aliphatic rings. The standard InChI is InChI=1S/C7H14N2O5/c1-9-2-3(10)5(11)6(12)4(9)7(13)8-14/h3-6,10-12,14H,2H2,1H3,(H,8,13)/t3-,4-,5+,6-/m1/s1. The van der Waals surface area contributed by atoms with E-state index in [4.69, 9.17) is 5.21 Å². The van der Waals surface area contributed by atoms with E-state index < -0.39 is 30.3 Å². The van der Waals surface area contributed by atoms with Gasteiger partial charge in [0.1, 0.15) is 18.2 Å². The highest BCUT2D eigenvalue weighted by atomic mass is 16.5. The van der Waals surface area contributed by atoms with Crippen molar-refractivity contribution in [1.82, 2.24) is 10.4 Å². The third-order valence-electron chi connectivity index (χ3n) is 2.40. The molecule has 1 amide bonds. The summed E-state index contributed by atoms with van der Waals surface area (Å²) in [6.45, 7) is 0.0519. The summed E-state index contributed by atoms with van der Waals surface area (Å²) in [6.07, 6.45) is -3.90. The van der Waals surface area contributed by atoms with Gasteiger partial charge in [-0.25, -0.2) is 5.48 Å². The summed E-state index contributed by atoms with van der Waals surface area (Å²) in [5.41, 5.74) is 1.40. The van der Waals surface area contributed by atoms with Crippen LogP contribution in [0.3, 0.4) is 0 Å². The summed E-state index contributed by atoms with van der Waals surface area (Å²) in [5.74, 6) is -0.814. The Kier molecular flexibility index (Phi) is 3.40. The van der Waals surface area contributed by atoms with Crippen molar-refractivity contribution in [2.24, 2.45) is 0 Å². The highest BCUT2D eigenvalue weighted by molar-refractivity contribution is 5.81. The molecule has 5 N–H and O–H groups in total. The first-order valence-electron chi connectivity index (χ1n) is 4.17. The third-order valence-corrected chi connectivity index (χ3v) is 2.40. The molecule has 0 bridgehead atoms. The van der Waals surface area contributed by atoms with Crippen molar-refractivity contribution in [2.75, 3.05) is 13.6 Å². The molecule has 82 valence electrons. The van der Waals surface area contributed by atoms with E-state index >= 15 is 0 Å². The van der Waals surface area contributed by atoms with Gasteiger partial charge in [-0.3, -0.25) is 14.9 Å². The van der Waals surface area contributed by atoms with E-state index in [1.165, 1.54) is 17.4 Å². The van der Waals surface area contributed by atoms with Gasteiger partial charge in [0, 0.05) is 6.54 Å². The van der Waals surface area contributed by atoms with Gasteiger partial charge >= 0.3 is 0 Å². The van der Waals surface area contributed by atoms with Crippen LogP contribution >= 0.6 is 0 Å². The maximum Gasteiger partial charge on any atom is 0.263 e. The number of carbonyl (C=O) groups is 1. The van der Waals surface area contributed by atoms with E-state index in [9.17, 15) is 20.1 Å². The van der Waals surface area contributed by atoms with Crippen molar-refractivity contribution in [3.63, 3.8) is 0 Å². The summed E-state index contributed by atoms with van der Waals surface area (Å²) < 4.78 is 0. The van der Waals surface area contributed by atoms with E-state index in [1.807, 2.05) is 0 Å². The topological polar surface area (TPSA) is 113 Å². The number of nitrogens with one attached hydrogen (secondary N) is 1. The fraction of sp³-hybridized carbons (Fsp3) is 0.857. The first kappa shape index (κ1) is 11.3. The lowest BCUT2D eigenvalue weighted by Crippen LogP contribution is -2.64. The van der Waals surface area contributed by atoms with Gasteiger partial charge in [0.25, 0.3) is 5.91 Å². The predicted octanol–water partition coefficient (Wildman–Crippen LogP) is -3.11. The molecule has 7 nitrogen and oxygen atoms in total. The van der Waals surface area contributed by atoms with Crippen molar-refractivity contribution in [3.05, 3.63) is 0 Å². The van der Waals surface area contributed by atoms with Gasteiger partial charge in [-0.15, -0.1) is 0 Å². The zero-order valence-electron chi connectivity index (χ0n) is 7.66. The van der Waals surface area contributed by atoms with Crippen LogP contribution in [0.1, 0.15) is 0 Å². The number of nitrogens with zero attached hydrogens (tertiary/aromatic N) is 1. The number of amides is 1. The largest absolute Gasteiger partial charge is 0.389 e. The van der Waals surface area contributed by atoms with Crippen LogP contribution in [0.25, 0.3) is 0 Å². The second-order valence-electron chi connectivity index (χ2n) is 3.41. The lowest BCUT2D eigenvalue weighted by Gasteiger charge is -2.40. The van der Waals surface area contributed by atoms with Gasteiger partial charge in [-0.2, -0.15) is 0 Å². The van der Waals surface area contributed by atoms with Crippen molar-refractivity contribution in [1.29, 1.82) is 0 Å². The number of carbonyl (C=O) groups excluding carboxylic acids is 1. The molecule has 0 aliphatic carbocycles. The molecule has 0 aromatic carbocycles. The monoisotopic (exact) mass is 206 g/mol. The van der Waals surface area contributed by atoms with Crippen molar-refractivity contribution >= 4 is 5.91 Å². The number of hydroxylamine groups is 1. The van der Waals surface area contributed by atoms with Gasteiger partial charge in [0.15, 0.2) is 0 Å². The van der Waals surface area contributed by atoms with E-state index in [-0.39, 0.29) is 6.54 Å². The summed E-state index contributed by atoms with van der Waals surface area (Å²) in [6, 6.07) is -1.06. The van der Waals surface area contributed by atoms with E-state index in [2.05, 4.69) is 0 Å². The number of likely N-dealkylation sites (N-methyl/N-ethyl adjacent to an activating group) is 1. The van der Waals surface area contributed by atoms with Gasteiger partial charge in [0.2, 0.25) is 0 Å². The zero-order chi connectivity index (χ0) is 10.9. The number of aliphatic hydroxyl groups is 3. The van der Waals surface area contributed by atoms with Crippen LogP contribution < -0.4 is 5.48 Å². The molecule has 14 heavy (non-hydrogen) atoms. The lowest BCUT2D eigenvalue weighted by molar-refractivity contribution is -0.160. The Balaban J connectivity index is 2.78. The highest BCUT2D eigenvalue weighted by Crippen LogP contribution is 2.17. The predicted molar refractivity (Wildman–Crippen MR) is 44.4 cm³/mol. The van der Waals surface area contributed by atoms with E-state index in [1.54, 1.807) is 0 Å². The normalized spacial score (nSPS) is 39.5. The Hall–Kier alpha value is -0.730. The van der Waals surface area contributed by atoms with Gasteiger partial charge in [0.05, 0.1) is 6.10 Å². The molecular formula is C7H14N2O5. The van der Waals surface area contributed by atoms with Crippen molar-refractivity contribution in [2.45, 2.75) is 24.4 Å². The summed E-state index contributed by atoms with van der Waals surface area (Å²) in [4.78, 5) is 12.4. The number of hydrogen-bond donors (Lipinski definition) is 5. The van der Waals surface area contributed by atoms with Gasteiger partial charge < -0.3 is 15.3 Å². The maximum absolute atomic E-state index is 11.1.